The lowest BCUT2D eigenvalue weighted by Gasteiger charge is -2.27. The number of carbonyl (C=O) groups is 1. The van der Waals surface area contributed by atoms with Crippen molar-refractivity contribution in [2.24, 2.45) is 0 Å². The first-order valence-electron chi connectivity index (χ1n) is 9.20. The molecule has 1 unspecified atom stereocenters. The number of fused-ring (bicyclic) bond motifs is 1. The van der Waals surface area contributed by atoms with E-state index in [0.29, 0.717) is 18.9 Å². The SMILES string of the molecule is CCCOc1ccc(OCC(=O)NCC2NCCc3ccccc32)cc1. The van der Waals surface area contributed by atoms with Gasteiger partial charge in [0.15, 0.2) is 6.61 Å². The summed E-state index contributed by atoms with van der Waals surface area (Å²) in [7, 11) is 0. The summed E-state index contributed by atoms with van der Waals surface area (Å²) >= 11 is 0. The summed E-state index contributed by atoms with van der Waals surface area (Å²) < 4.78 is 11.1. The first-order valence-corrected chi connectivity index (χ1v) is 9.20. The minimum atomic E-state index is -0.124. The van der Waals surface area contributed by atoms with Crippen molar-refractivity contribution < 1.29 is 14.3 Å². The predicted octanol–water partition coefficient (Wildman–Crippen LogP) is 2.86. The molecule has 0 radical (unpaired) electrons. The maximum atomic E-state index is 12.1. The monoisotopic (exact) mass is 354 g/mol. The number of ether oxygens (including phenoxy) is 2. The van der Waals surface area contributed by atoms with Gasteiger partial charge in [-0.05, 0) is 54.8 Å². The van der Waals surface area contributed by atoms with Gasteiger partial charge in [-0.25, -0.2) is 0 Å². The third kappa shape index (κ3) is 4.99. The van der Waals surface area contributed by atoms with E-state index in [2.05, 4.69) is 35.8 Å². The molecule has 0 aliphatic carbocycles. The van der Waals surface area contributed by atoms with E-state index in [9.17, 15) is 4.79 Å². The molecule has 1 aliphatic rings. The van der Waals surface area contributed by atoms with E-state index in [1.807, 2.05) is 30.3 Å². The fourth-order valence-electron chi connectivity index (χ4n) is 3.04. The molecule has 3 rings (SSSR count). The zero-order valence-corrected chi connectivity index (χ0v) is 15.2. The van der Waals surface area contributed by atoms with Crippen LogP contribution in [0.25, 0.3) is 0 Å². The average molecular weight is 354 g/mol. The van der Waals surface area contributed by atoms with Crippen molar-refractivity contribution in [3.63, 3.8) is 0 Å². The molecular weight excluding hydrogens is 328 g/mol. The van der Waals surface area contributed by atoms with Crippen LogP contribution < -0.4 is 20.1 Å². The molecule has 2 aromatic carbocycles. The van der Waals surface area contributed by atoms with Crippen LogP contribution in [0.4, 0.5) is 0 Å². The summed E-state index contributed by atoms with van der Waals surface area (Å²) in [5.74, 6) is 1.34. The topological polar surface area (TPSA) is 59.6 Å². The van der Waals surface area contributed by atoms with E-state index in [1.165, 1.54) is 11.1 Å². The molecule has 0 saturated carbocycles. The van der Waals surface area contributed by atoms with Gasteiger partial charge >= 0.3 is 0 Å². The highest BCUT2D eigenvalue weighted by molar-refractivity contribution is 5.77. The van der Waals surface area contributed by atoms with Gasteiger partial charge in [0.1, 0.15) is 11.5 Å². The normalized spacial score (nSPS) is 15.8. The van der Waals surface area contributed by atoms with Gasteiger partial charge in [-0.2, -0.15) is 0 Å². The Labute approximate surface area is 154 Å². The number of benzene rings is 2. The zero-order chi connectivity index (χ0) is 18.2. The molecule has 0 bridgehead atoms. The van der Waals surface area contributed by atoms with E-state index < -0.39 is 0 Å². The van der Waals surface area contributed by atoms with Crippen molar-refractivity contribution in [2.45, 2.75) is 25.8 Å². The van der Waals surface area contributed by atoms with Crippen molar-refractivity contribution in [2.75, 3.05) is 26.3 Å². The van der Waals surface area contributed by atoms with Gasteiger partial charge in [-0.1, -0.05) is 31.2 Å². The molecule has 1 atom stereocenters. The maximum absolute atomic E-state index is 12.1. The Bertz CT molecular complexity index is 715. The quantitative estimate of drug-likeness (QED) is 0.765. The van der Waals surface area contributed by atoms with Crippen LogP contribution in [0.5, 0.6) is 11.5 Å². The number of amides is 1. The van der Waals surface area contributed by atoms with Crippen molar-refractivity contribution >= 4 is 5.91 Å². The van der Waals surface area contributed by atoms with Gasteiger partial charge in [-0.3, -0.25) is 4.79 Å². The van der Waals surface area contributed by atoms with Gasteiger partial charge in [0.25, 0.3) is 5.91 Å². The first-order chi connectivity index (χ1) is 12.8. The fraction of sp³-hybridized carbons (Fsp3) is 0.381. The highest BCUT2D eigenvalue weighted by atomic mass is 16.5. The molecule has 0 fully saturated rings. The third-order valence-electron chi connectivity index (χ3n) is 4.39. The molecule has 2 aromatic rings. The summed E-state index contributed by atoms with van der Waals surface area (Å²) in [6.07, 6.45) is 2.00. The number of nitrogens with one attached hydrogen (secondary N) is 2. The van der Waals surface area contributed by atoms with Gasteiger partial charge in [0.2, 0.25) is 0 Å². The molecule has 0 spiro atoms. The molecule has 1 heterocycles. The van der Waals surface area contributed by atoms with Crippen LogP contribution in [0, 0.1) is 0 Å². The molecule has 5 nitrogen and oxygen atoms in total. The van der Waals surface area contributed by atoms with E-state index in [4.69, 9.17) is 9.47 Å². The van der Waals surface area contributed by atoms with Crippen molar-refractivity contribution in [1.29, 1.82) is 0 Å². The zero-order valence-electron chi connectivity index (χ0n) is 15.2. The maximum Gasteiger partial charge on any atom is 0.258 e. The summed E-state index contributed by atoms with van der Waals surface area (Å²) in [5, 5.41) is 6.41. The fourth-order valence-corrected chi connectivity index (χ4v) is 3.04. The largest absolute Gasteiger partial charge is 0.494 e. The highest BCUT2D eigenvalue weighted by Gasteiger charge is 2.19. The average Bonchev–Trinajstić information content (AvgIpc) is 2.70. The molecule has 26 heavy (non-hydrogen) atoms. The minimum Gasteiger partial charge on any atom is -0.494 e. The van der Waals surface area contributed by atoms with Crippen molar-refractivity contribution in [3.05, 3.63) is 59.7 Å². The van der Waals surface area contributed by atoms with Crippen LogP contribution in [0.2, 0.25) is 0 Å². The second-order valence-corrected chi connectivity index (χ2v) is 6.37. The number of carbonyl (C=O) groups excluding carboxylic acids is 1. The molecule has 138 valence electrons. The smallest absolute Gasteiger partial charge is 0.258 e. The summed E-state index contributed by atoms with van der Waals surface area (Å²) in [6.45, 7) is 4.26. The van der Waals surface area contributed by atoms with Gasteiger partial charge in [0.05, 0.1) is 6.61 Å². The van der Waals surface area contributed by atoms with Gasteiger partial charge in [0, 0.05) is 12.6 Å². The Hall–Kier alpha value is -2.53. The Morgan fingerprint density at radius 2 is 1.85 bits per heavy atom. The van der Waals surface area contributed by atoms with Crippen molar-refractivity contribution in [1.82, 2.24) is 10.6 Å². The van der Waals surface area contributed by atoms with Crippen LogP contribution in [0.15, 0.2) is 48.5 Å². The summed E-state index contributed by atoms with van der Waals surface area (Å²) in [4.78, 5) is 12.1. The third-order valence-corrected chi connectivity index (χ3v) is 4.39. The van der Waals surface area contributed by atoms with Gasteiger partial charge in [-0.15, -0.1) is 0 Å². The summed E-state index contributed by atoms with van der Waals surface area (Å²) in [5.41, 5.74) is 2.62. The van der Waals surface area contributed by atoms with E-state index >= 15 is 0 Å². The lowest BCUT2D eigenvalue weighted by molar-refractivity contribution is -0.123. The second-order valence-electron chi connectivity index (χ2n) is 6.37. The van der Waals surface area contributed by atoms with Crippen LogP contribution in [0.3, 0.4) is 0 Å². The van der Waals surface area contributed by atoms with E-state index in [-0.39, 0.29) is 18.6 Å². The van der Waals surface area contributed by atoms with Crippen LogP contribution >= 0.6 is 0 Å². The van der Waals surface area contributed by atoms with E-state index in [1.54, 1.807) is 0 Å². The molecular formula is C21H26N2O3. The highest BCUT2D eigenvalue weighted by Crippen LogP contribution is 2.22. The van der Waals surface area contributed by atoms with Crippen molar-refractivity contribution in [3.8, 4) is 11.5 Å². The Morgan fingerprint density at radius 3 is 2.62 bits per heavy atom. The molecule has 5 heteroatoms. The number of rotatable bonds is 8. The van der Waals surface area contributed by atoms with Crippen LogP contribution in [-0.4, -0.2) is 32.2 Å². The predicted molar refractivity (Wildman–Crippen MR) is 102 cm³/mol. The first kappa shape index (κ1) is 18.3. The lowest BCUT2D eigenvalue weighted by atomic mass is 9.94. The number of hydrogen-bond acceptors (Lipinski definition) is 4. The van der Waals surface area contributed by atoms with Crippen LogP contribution in [-0.2, 0) is 11.2 Å². The molecule has 0 aromatic heterocycles. The Morgan fingerprint density at radius 1 is 1.12 bits per heavy atom. The molecule has 1 aliphatic heterocycles. The standard InChI is InChI=1S/C21H26N2O3/c1-2-13-25-17-7-9-18(10-8-17)26-15-21(24)23-14-20-19-6-4-3-5-16(19)11-12-22-20/h3-10,20,22H,2,11-15H2,1H3,(H,23,24). The minimum absolute atomic E-state index is 0.00350. The summed E-state index contributed by atoms with van der Waals surface area (Å²) in [6, 6.07) is 15.9. The Balaban J connectivity index is 1.44. The lowest BCUT2D eigenvalue weighted by Crippen LogP contribution is -2.40. The van der Waals surface area contributed by atoms with E-state index in [0.717, 1.165) is 25.1 Å². The molecule has 0 saturated heterocycles. The number of hydrogen-bond donors (Lipinski definition) is 2. The Kier molecular flexibility index (Phi) is 6.50. The molecule has 1 amide bonds. The molecule has 2 N–H and O–H groups in total. The second kappa shape index (κ2) is 9.25. The van der Waals surface area contributed by atoms with Gasteiger partial charge < -0.3 is 20.1 Å². The van der Waals surface area contributed by atoms with Crippen LogP contribution in [0.1, 0.15) is 30.5 Å².